The number of thiophene rings is 1. The topological polar surface area (TPSA) is 76.7 Å². The first-order valence-corrected chi connectivity index (χ1v) is 8.73. The Kier molecular flexibility index (Phi) is 3.55. The van der Waals surface area contributed by atoms with Crippen LogP contribution in [0.3, 0.4) is 0 Å². The second-order valence-corrected chi connectivity index (χ2v) is 6.73. The molecule has 0 amide bonds. The summed E-state index contributed by atoms with van der Waals surface area (Å²) in [5, 5.41) is 3.37. The van der Waals surface area contributed by atoms with Gasteiger partial charge in [-0.3, -0.25) is 4.79 Å². The number of hydrogen-bond donors (Lipinski definition) is 1. The number of fused-ring (bicyclic) bond motifs is 1. The zero-order chi connectivity index (χ0) is 15.8. The Balaban J connectivity index is 1.69. The fraction of sp³-hybridized carbons (Fsp3) is 0.133. The van der Waals surface area contributed by atoms with Crippen LogP contribution >= 0.6 is 23.1 Å². The average molecular weight is 344 g/mol. The summed E-state index contributed by atoms with van der Waals surface area (Å²) in [6, 6.07) is 3.64. The maximum absolute atomic E-state index is 12.4. The van der Waals surface area contributed by atoms with E-state index in [9.17, 15) is 4.79 Å². The Morgan fingerprint density at radius 2 is 2.39 bits per heavy atom. The molecule has 0 bridgehead atoms. The number of hydrogen-bond acceptors (Lipinski definition) is 6. The smallest absolute Gasteiger partial charge is 0.260 e. The number of imidazole rings is 1. The van der Waals surface area contributed by atoms with Crippen LogP contribution in [0.25, 0.3) is 21.5 Å². The Bertz CT molecular complexity index is 1010. The summed E-state index contributed by atoms with van der Waals surface area (Å²) in [5.74, 6) is 1.88. The molecule has 8 heteroatoms. The lowest BCUT2D eigenvalue weighted by molar-refractivity contribution is 0.583. The van der Waals surface area contributed by atoms with E-state index in [1.165, 1.54) is 23.1 Å². The predicted molar refractivity (Wildman–Crippen MR) is 90.7 cm³/mol. The van der Waals surface area contributed by atoms with Crippen LogP contribution in [-0.4, -0.2) is 19.5 Å². The van der Waals surface area contributed by atoms with E-state index in [1.54, 1.807) is 18.5 Å². The molecule has 1 N–H and O–H groups in total. The molecule has 0 fully saturated rings. The molecule has 4 aromatic heterocycles. The molecular formula is C15H12N4O2S2. The molecule has 0 aliphatic carbocycles. The molecule has 116 valence electrons. The van der Waals surface area contributed by atoms with Gasteiger partial charge in [-0.2, -0.15) is 0 Å². The third-order valence-corrected chi connectivity index (χ3v) is 5.34. The summed E-state index contributed by atoms with van der Waals surface area (Å²) in [7, 11) is 1.93. The van der Waals surface area contributed by atoms with E-state index in [4.69, 9.17) is 4.42 Å². The normalized spacial score (nSPS) is 11.3. The molecule has 0 unspecified atom stereocenters. The number of thioether (sulfide) groups is 1. The van der Waals surface area contributed by atoms with Crippen LogP contribution in [0, 0.1) is 0 Å². The van der Waals surface area contributed by atoms with Crippen molar-refractivity contribution in [1.29, 1.82) is 0 Å². The van der Waals surface area contributed by atoms with Crippen molar-refractivity contribution in [1.82, 2.24) is 19.5 Å². The van der Waals surface area contributed by atoms with Gasteiger partial charge in [0.25, 0.3) is 5.56 Å². The molecule has 0 atom stereocenters. The summed E-state index contributed by atoms with van der Waals surface area (Å²) >= 11 is 2.98. The fourth-order valence-corrected chi connectivity index (χ4v) is 4.05. The van der Waals surface area contributed by atoms with Crippen molar-refractivity contribution in [2.45, 2.75) is 10.9 Å². The number of aryl methyl sites for hydroxylation is 1. The van der Waals surface area contributed by atoms with E-state index < -0.39 is 0 Å². The first-order valence-electron chi connectivity index (χ1n) is 6.87. The van der Waals surface area contributed by atoms with Crippen molar-refractivity contribution in [3.63, 3.8) is 0 Å². The molecule has 6 nitrogen and oxygen atoms in total. The largest absolute Gasteiger partial charge is 0.464 e. The van der Waals surface area contributed by atoms with Crippen molar-refractivity contribution >= 4 is 33.3 Å². The van der Waals surface area contributed by atoms with Crippen molar-refractivity contribution < 1.29 is 4.42 Å². The average Bonchev–Trinajstić information content (AvgIpc) is 3.25. The first kappa shape index (κ1) is 14.3. The highest BCUT2D eigenvalue weighted by Gasteiger charge is 2.15. The van der Waals surface area contributed by atoms with Crippen LogP contribution in [0.15, 0.2) is 50.5 Å². The number of H-pyrrole nitrogens is 1. The van der Waals surface area contributed by atoms with Gasteiger partial charge in [-0.1, -0.05) is 11.8 Å². The lowest BCUT2D eigenvalue weighted by Gasteiger charge is -2.02. The summed E-state index contributed by atoms with van der Waals surface area (Å²) in [6.07, 6.45) is 5.23. The van der Waals surface area contributed by atoms with Crippen molar-refractivity contribution in [3.05, 3.63) is 52.3 Å². The number of rotatable bonds is 4. The summed E-state index contributed by atoms with van der Waals surface area (Å²) in [5.41, 5.74) is 0.644. The Morgan fingerprint density at radius 3 is 3.13 bits per heavy atom. The van der Waals surface area contributed by atoms with Crippen LogP contribution < -0.4 is 5.56 Å². The molecule has 0 radical (unpaired) electrons. The highest BCUT2D eigenvalue weighted by atomic mass is 32.2. The van der Waals surface area contributed by atoms with Crippen molar-refractivity contribution in [2.75, 3.05) is 0 Å². The number of furan rings is 1. The standard InChI is InChI=1S/C15H12N4O2S2/c1-19-5-4-16-15(19)23-8-11-17-13(20)12-9(7-22-14(12)18-11)10-3-2-6-21-10/h2-7H,8H2,1H3,(H,17,18,20). The number of nitrogens with zero attached hydrogens (tertiary/aromatic N) is 3. The molecule has 4 aromatic rings. The third-order valence-electron chi connectivity index (χ3n) is 3.39. The van der Waals surface area contributed by atoms with E-state index in [0.29, 0.717) is 22.7 Å². The number of aromatic amines is 1. The summed E-state index contributed by atoms with van der Waals surface area (Å²) in [6.45, 7) is 0. The van der Waals surface area contributed by atoms with Gasteiger partial charge in [0.05, 0.1) is 17.4 Å². The SMILES string of the molecule is Cn1ccnc1SCc1nc2scc(-c3ccco3)c2c(=O)[nH]1. The third kappa shape index (κ3) is 2.60. The Morgan fingerprint density at radius 1 is 1.48 bits per heavy atom. The molecule has 0 aliphatic rings. The van der Waals surface area contributed by atoms with Gasteiger partial charge in [0.15, 0.2) is 5.16 Å². The van der Waals surface area contributed by atoms with Gasteiger partial charge in [-0.15, -0.1) is 11.3 Å². The number of nitrogens with one attached hydrogen (secondary N) is 1. The second-order valence-electron chi connectivity index (χ2n) is 4.93. The van der Waals surface area contributed by atoms with E-state index in [2.05, 4.69) is 15.0 Å². The lowest BCUT2D eigenvalue weighted by atomic mass is 10.2. The minimum atomic E-state index is -0.141. The van der Waals surface area contributed by atoms with Crippen molar-refractivity contribution in [3.8, 4) is 11.3 Å². The Hall–Kier alpha value is -2.32. The van der Waals surface area contributed by atoms with E-state index in [-0.39, 0.29) is 5.56 Å². The molecule has 0 aromatic carbocycles. The Labute approximate surface area is 139 Å². The van der Waals surface area contributed by atoms with Crippen LogP contribution in [-0.2, 0) is 12.8 Å². The molecule has 0 saturated heterocycles. The minimum absolute atomic E-state index is 0.141. The predicted octanol–water partition coefficient (Wildman–Crippen LogP) is 3.27. The second kappa shape index (κ2) is 5.71. The van der Waals surface area contributed by atoms with Gasteiger partial charge in [0, 0.05) is 30.4 Å². The van der Waals surface area contributed by atoms with Gasteiger partial charge in [-0.05, 0) is 12.1 Å². The van der Waals surface area contributed by atoms with E-state index >= 15 is 0 Å². The zero-order valence-corrected chi connectivity index (χ0v) is 13.8. The van der Waals surface area contributed by atoms with Gasteiger partial charge < -0.3 is 14.0 Å². The van der Waals surface area contributed by atoms with E-state index in [0.717, 1.165) is 15.6 Å². The van der Waals surface area contributed by atoms with Crippen LogP contribution in [0.2, 0.25) is 0 Å². The maximum Gasteiger partial charge on any atom is 0.260 e. The highest BCUT2D eigenvalue weighted by Crippen LogP contribution is 2.31. The maximum atomic E-state index is 12.4. The van der Waals surface area contributed by atoms with Gasteiger partial charge >= 0.3 is 0 Å². The first-order chi connectivity index (χ1) is 11.2. The monoisotopic (exact) mass is 344 g/mol. The fourth-order valence-electron chi connectivity index (χ4n) is 2.30. The van der Waals surface area contributed by atoms with Crippen LogP contribution in [0.5, 0.6) is 0 Å². The zero-order valence-electron chi connectivity index (χ0n) is 12.1. The highest BCUT2D eigenvalue weighted by molar-refractivity contribution is 7.98. The van der Waals surface area contributed by atoms with Crippen LogP contribution in [0.4, 0.5) is 0 Å². The molecule has 0 saturated carbocycles. The number of aromatic nitrogens is 4. The molecule has 23 heavy (non-hydrogen) atoms. The molecule has 0 aliphatic heterocycles. The summed E-state index contributed by atoms with van der Waals surface area (Å²) < 4.78 is 7.32. The summed E-state index contributed by atoms with van der Waals surface area (Å²) in [4.78, 5) is 24.8. The van der Waals surface area contributed by atoms with Crippen molar-refractivity contribution in [2.24, 2.45) is 7.05 Å². The molecule has 4 heterocycles. The molecule has 4 rings (SSSR count). The molecule has 0 spiro atoms. The quantitative estimate of drug-likeness (QED) is 0.575. The van der Waals surface area contributed by atoms with Gasteiger partial charge in [0.2, 0.25) is 0 Å². The van der Waals surface area contributed by atoms with Crippen LogP contribution in [0.1, 0.15) is 5.82 Å². The molecular weight excluding hydrogens is 332 g/mol. The minimum Gasteiger partial charge on any atom is -0.464 e. The van der Waals surface area contributed by atoms with Gasteiger partial charge in [-0.25, -0.2) is 9.97 Å². The lowest BCUT2D eigenvalue weighted by Crippen LogP contribution is -2.10. The van der Waals surface area contributed by atoms with Gasteiger partial charge in [0.1, 0.15) is 16.4 Å². The van der Waals surface area contributed by atoms with E-state index in [1.807, 2.05) is 29.3 Å².